The van der Waals surface area contributed by atoms with Gasteiger partial charge in [-0.25, -0.2) is 8.78 Å². The van der Waals surface area contributed by atoms with E-state index in [0.717, 1.165) is 5.69 Å². The minimum atomic E-state index is -2.82. The molecule has 1 aliphatic rings. The fourth-order valence-corrected chi connectivity index (χ4v) is 2.86. The molecule has 0 spiro atoms. The Morgan fingerprint density at radius 2 is 1.76 bits per heavy atom. The van der Waals surface area contributed by atoms with Gasteiger partial charge >= 0.3 is 0 Å². The van der Waals surface area contributed by atoms with Crippen LogP contribution in [0.15, 0.2) is 54.6 Å². The van der Waals surface area contributed by atoms with Crippen molar-refractivity contribution in [3.05, 3.63) is 60.2 Å². The Morgan fingerprint density at radius 1 is 1.12 bits per heavy atom. The number of rotatable bonds is 5. The highest BCUT2D eigenvalue weighted by molar-refractivity contribution is 5.95. The molecule has 3 N–H and O–H groups in total. The highest BCUT2D eigenvalue weighted by atomic mass is 19.3. The standard InChI is InChI=1S/C19H21F2N3O/c1-13(14-5-3-2-4-6-14)23-15-7-9-16(10-8-15)24-18(25)17-11-19(20,21)12-22-17/h2-10,13,17,22-23H,11-12H2,1H3,(H,24,25). The normalized spacial score (nSPS) is 20.0. The molecule has 6 heteroatoms. The summed E-state index contributed by atoms with van der Waals surface area (Å²) in [5.41, 5.74) is 2.67. The summed E-state index contributed by atoms with van der Waals surface area (Å²) in [6, 6.07) is 16.6. The second kappa shape index (κ2) is 7.19. The maximum absolute atomic E-state index is 13.2. The molecule has 3 rings (SSSR count). The zero-order valence-electron chi connectivity index (χ0n) is 13.9. The molecule has 1 saturated heterocycles. The molecule has 1 aliphatic heterocycles. The van der Waals surface area contributed by atoms with Gasteiger partial charge in [0.1, 0.15) is 0 Å². The summed E-state index contributed by atoms with van der Waals surface area (Å²) in [5.74, 6) is -3.25. The van der Waals surface area contributed by atoms with Crippen molar-refractivity contribution in [3.8, 4) is 0 Å². The molecule has 0 bridgehead atoms. The molecule has 0 radical (unpaired) electrons. The van der Waals surface area contributed by atoms with E-state index in [0.29, 0.717) is 5.69 Å². The van der Waals surface area contributed by atoms with Crippen molar-refractivity contribution < 1.29 is 13.6 Å². The van der Waals surface area contributed by atoms with Gasteiger partial charge in [0.2, 0.25) is 5.91 Å². The molecule has 2 aromatic carbocycles. The van der Waals surface area contributed by atoms with Crippen LogP contribution in [0.5, 0.6) is 0 Å². The Kier molecular flexibility index (Phi) is 4.99. The molecule has 2 unspecified atom stereocenters. The van der Waals surface area contributed by atoms with Gasteiger partial charge in [-0.05, 0) is 36.8 Å². The first-order valence-corrected chi connectivity index (χ1v) is 8.27. The number of amides is 1. The summed E-state index contributed by atoms with van der Waals surface area (Å²) < 4.78 is 26.3. The predicted molar refractivity (Wildman–Crippen MR) is 94.9 cm³/mol. The molecule has 0 aliphatic carbocycles. The van der Waals surface area contributed by atoms with Crippen molar-refractivity contribution in [2.45, 2.75) is 31.4 Å². The zero-order chi connectivity index (χ0) is 17.9. The second-order valence-corrected chi connectivity index (χ2v) is 6.34. The van der Waals surface area contributed by atoms with Crippen molar-refractivity contribution in [2.75, 3.05) is 17.2 Å². The minimum Gasteiger partial charge on any atom is -0.379 e. The lowest BCUT2D eigenvalue weighted by Gasteiger charge is -2.16. The molecule has 4 nitrogen and oxygen atoms in total. The van der Waals surface area contributed by atoms with Gasteiger partial charge in [0.15, 0.2) is 0 Å². The summed E-state index contributed by atoms with van der Waals surface area (Å²) in [5, 5.41) is 8.60. The van der Waals surface area contributed by atoms with Gasteiger partial charge in [0, 0.05) is 23.8 Å². The van der Waals surface area contributed by atoms with Crippen LogP contribution in [0.25, 0.3) is 0 Å². The fourth-order valence-electron chi connectivity index (χ4n) is 2.86. The van der Waals surface area contributed by atoms with E-state index in [-0.39, 0.29) is 6.04 Å². The third kappa shape index (κ3) is 4.54. The van der Waals surface area contributed by atoms with Gasteiger partial charge in [-0.2, -0.15) is 0 Å². The van der Waals surface area contributed by atoms with Gasteiger partial charge in [-0.3, -0.25) is 10.1 Å². The molecule has 2 aromatic rings. The lowest BCUT2D eigenvalue weighted by Crippen LogP contribution is -2.35. The number of anilines is 2. The average molecular weight is 345 g/mol. The summed E-state index contributed by atoms with van der Waals surface area (Å²) in [6.45, 7) is 1.61. The Bertz CT molecular complexity index is 719. The molecular weight excluding hydrogens is 324 g/mol. The van der Waals surface area contributed by atoms with Crippen LogP contribution < -0.4 is 16.0 Å². The smallest absolute Gasteiger partial charge is 0.262 e. The Balaban J connectivity index is 1.56. The Morgan fingerprint density at radius 3 is 2.36 bits per heavy atom. The van der Waals surface area contributed by atoms with E-state index in [9.17, 15) is 13.6 Å². The minimum absolute atomic E-state index is 0.145. The van der Waals surface area contributed by atoms with Crippen molar-refractivity contribution in [1.82, 2.24) is 5.32 Å². The van der Waals surface area contributed by atoms with Crippen LogP contribution in [0.2, 0.25) is 0 Å². The van der Waals surface area contributed by atoms with Crippen LogP contribution in [-0.2, 0) is 4.79 Å². The summed E-state index contributed by atoms with van der Waals surface area (Å²) in [6.07, 6.45) is -0.465. The van der Waals surface area contributed by atoms with Crippen LogP contribution in [0.4, 0.5) is 20.2 Å². The van der Waals surface area contributed by atoms with E-state index in [1.165, 1.54) is 5.56 Å². The van der Waals surface area contributed by atoms with Crippen molar-refractivity contribution in [2.24, 2.45) is 0 Å². The molecule has 0 aromatic heterocycles. The lowest BCUT2D eigenvalue weighted by atomic mass is 10.1. The maximum Gasteiger partial charge on any atom is 0.262 e. The van der Waals surface area contributed by atoms with Crippen molar-refractivity contribution in [1.29, 1.82) is 0 Å². The van der Waals surface area contributed by atoms with Crippen molar-refractivity contribution >= 4 is 17.3 Å². The number of hydrogen-bond donors (Lipinski definition) is 3. The number of carbonyl (C=O) groups excluding carboxylic acids is 1. The van der Waals surface area contributed by atoms with E-state index < -0.39 is 30.8 Å². The summed E-state index contributed by atoms with van der Waals surface area (Å²) in [7, 11) is 0. The summed E-state index contributed by atoms with van der Waals surface area (Å²) in [4.78, 5) is 12.0. The number of nitrogens with one attached hydrogen (secondary N) is 3. The second-order valence-electron chi connectivity index (χ2n) is 6.34. The van der Waals surface area contributed by atoms with E-state index in [2.05, 4.69) is 35.0 Å². The molecule has 25 heavy (non-hydrogen) atoms. The SMILES string of the molecule is CC(Nc1ccc(NC(=O)C2CC(F)(F)CN2)cc1)c1ccccc1. The number of alkyl halides is 2. The third-order valence-corrected chi connectivity index (χ3v) is 4.26. The first-order chi connectivity index (χ1) is 11.9. The molecule has 1 fully saturated rings. The van der Waals surface area contributed by atoms with Crippen molar-refractivity contribution in [3.63, 3.8) is 0 Å². The predicted octanol–water partition coefficient (Wildman–Crippen LogP) is 3.80. The van der Waals surface area contributed by atoms with E-state index in [4.69, 9.17) is 0 Å². The molecule has 132 valence electrons. The quantitative estimate of drug-likeness (QED) is 0.773. The first-order valence-electron chi connectivity index (χ1n) is 8.27. The van der Waals surface area contributed by atoms with Gasteiger partial charge in [-0.15, -0.1) is 0 Å². The molecule has 1 amide bonds. The maximum atomic E-state index is 13.2. The Hall–Kier alpha value is -2.47. The average Bonchev–Trinajstić information content (AvgIpc) is 2.97. The van der Waals surface area contributed by atoms with Gasteiger partial charge in [0.25, 0.3) is 5.92 Å². The number of hydrogen-bond acceptors (Lipinski definition) is 3. The van der Waals surface area contributed by atoms with Gasteiger partial charge in [-0.1, -0.05) is 30.3 Å². The number of carbonyl (C=O) groups is 1. The molecule has 1 heterocycles. The third-order valence-electron chi connectivity index (χ3n) is 4.26. The highest BCUT2D eigenvalue weighted by Gasteiger charge is 2.42. The fraction of sp³-hybridized carbons (Fsp3) is 0.316. The van der Waals surface area contributed by atoms with Crippen LogP contribution in [0, 0.1) is 0 Å². The van der Waals surface area contributed by atoms with Gasteiger partial charge < -0.3 is 10.6 Å². The van der Waals surface area contributed by atoms with E-state index in [1.54, 1.807) is 12.1 Å². The topological polar surface area (TPSA) is 53.2 Å². The largest absolute Gasteiger partial charge is 0.379 e. The van der Waals surface area contributed by atoms with E-state index >= 15 is 0 Å². The number of benzene rings is 2. The zero-order valence-corrected chi connectivity index (χ0v) is 13.9. The van der Waals surface area contributed by atoms with Crippen LogP contribution in [0.3, 0.4) is 0 Å². The monoisotopic (exact) mass is 345 g/mol. The highest BCUT2D eigenvalue weighted by Crippen LogP contribution is 2.26. The molecule has 0 saturated carbocycles. The molecular formula is C19H21F2N3O. The number of halogens is 2. The summed E-state index contributed by atoms with van der Waals surface area (Å²) >= 11 is 0. The Labute approximate surface area is 145 Å². The van der Waals surface area contributed by atoms with Crippen LogP contribution in [-0.4, -0.2) is 24.4 Å². The van der Waals surface area contributed by atoms with Crippen LogP contribution in [0.1, 0.15) is 24.9 Å². The lowest BCUT2D eigenvalue weighted by molar-refractivity contribution is -0.118. The van der Waals surface area contributed by atoms with Gasteiger partial charge in [0.05, 0.1) is 12.6 Å². The van der Waals surface area contributed by atoms with Crippen LogP contribution >= 0.6 is 0 Å². The first kappa shape index (κ1) is 17.4. The van der Waals surface area contributed by atoms with E-state index in [1.807, 2.05) is 30.3 Å². The molecule has 2 atom stereocenters.